The van der Waals surface area contributed by atoms with E-state index in [0.717, 1.165) is 0 Å². The minimum atomic E-state index is -0.526. The van der Waals surface area contributed by atoms with Crippen molar-refractivity contribution in [2.24, 2.45) is 0 Å². The van der Waals surface area contributed by atoms with Crippen LogP contribution < -0.4 is 12.4 Å². The molecule has 0 aromatic heterocycles. The van der Waals surface area contributed by atoms with Gasteiger partial charge in [0.2, 0.25) is 0 Å². The van der Waals surface area contributed by atoms with Crippen molar-refractivity contribution in [1.82, 2.24) is 0 Å². The molecule has 0 saturated carbocycles. The topological polar surface area (TPSA) is 0 Å². The molecule has 0 aromatic carbocycles. The molecule has 0 aromatic rings. The zero-order valence-electron chi connectivity index (χ0n) is 11.9. The van der Waals surface area contributed by atoms with Crippen LogP contribution in [0.1, 0.15) is 66.2 Å². The van der Waals surface area contributed by atoms with E-state index < -0.39 is 7.26 Å². The number of halogens is 1. The van der Waals surface area contributed by atoms with Crippen LogP contribution in [0.25, 0.3) is 0 Å². The Bertz CT molecular complexity index is 120. The van der Waals surface area contributed by atoms with Crippen LogP contribution in [0.15, 0.2) is 0 Å². The molecule has 2 heteroatoms. The van der Waals surface area contributed by atoms with Gasteiger partial charge in [-0.3, -0.25) is 0 Å². The predicted molar refractivity (Wildman–Crippen MR) is 76.8 cm³/mol. The van der Waals surface area contributed by atoms with Gasteiger partial charge >= 0.3 is 0 Å². The monoisotopic (exact) mass is 266 g/mol. The highest BCUT2D eigenvalue weighted by molar-refractivity contribution is 7.75. The summed E-state index contributed by atoms with van der Waals surface area (Å²) in [6, 6.07) is 0. The Kier molecular flexibility index (Phi) is 14.5. The molecule has 0 spiro atoms. The molecule has 0 unspecified atom stereocenters. The van der Waals surface area contributed by atoms with Gasteiger partial charge in [-0.25, -0.2) is 0 Å². The van der Waals surface area contributed by atoms with E-state index in [1.54, 1.807) is 24.6 Å². The smallest absolute Gasteiger partial charge is 0.0594 e. The molecular weight excluding hydrogens is 235 g/mol. The fourth-order valence-corrected chi connectivity index (χ4v) is 7.87. The first kappa shape index (κ1) is 19.1. The summed E-state index contributed by atoms with van der Waals surface area (Å²) in [6.45, 7) is 9.44. The van der Waals surface area contributed by atoms with E-state index in [1.807, 2.05) is 0 Å². The third-order valence-electron chi connectivity index (χ3n) is 3.33. The second-order valence-corrected chi connectivity index (χ2v) is 9.42. The van der Waals surface area contributed by atoms with Crippen LogP contribution in [0.2, 0.25) is 0 Å². The molecule has 0 aliphatic carbocycles. The van der Waals surface area contributed by atoms with Crippen LogP contribution in [-0.2, 0) is 0 Å². The molecule has 0 heterocycles. The molecular formula is C14H32ClP. The Morgan fingerprint density at radius 1 is 0.562 bits per heavy atom. The molecule has 0 N–H and O–H groups in total. The van der Waals surface area contributed by atoms with Crippen molar-refractivity contribution in [3.8, 4) is 0 Å². The molecule has 0 aliphatic rings. The van der Waals surface area contributed by atoms with Crippen molar-refractivity contribution in [1.29, 1.82) is 0 Å². The summed E-state index contributed by atoms with van der Waals surface area (Å²) in [5.41, 5.74) is 0. The molecule has 0 amide bonds. The van der Waals surface area contributed by atoms with E-state index >= 15 is 0 Å². The first-order valence-corrected chi connectivity index (χ1v) is 9.62. The highest BCUT2D eigenvalue weighted by Gasteiger charge is 2.33. The number of unbranched alkanes of at least 4 members (excludes halogenated alkanes) is 2. The van der Waals surface area contributed by atoms with Crippen LogP contribution in [0, 0.1) is 0 Å². The Morgan fingerprint density at radius 2 is 1.00 bits per heavy atom. The lowest BCUT2D eigenvalue weighted by Crippen LogP contribution is -3.00. The average molecular weight is 267 g/mol. The molecule has 100 valence electrons. The van der Waals surface area contributed by atoms with Crippen LogP contribution in [0.5, 0.6) is 0 Å². The van der Waals surface area contributed by atoms with E-state index in [4.69, 9.17) is 0 Å². The minimum Gasteiger partial charge on any atom is -1.00 e. The maximum Gasteiger partial charge on any atom is 0.0594 e. The minimum absolute atomic E-state index is 0. The third kappa shape index (κ3) is 7.91. The van der Waals surface area contributed by atoms with Gasteiger partial charge in [-0.05, 0) is 25.7 Å². The largest absolute Gasteiger partial charge is 1.00 e. The van der Waals surface area contributed by atoms with Gasteiger partial charge in [0, 0.05) is 7.26 Å². The van der Waals surface area contributed by atoms with Crippen LogP contribution >= 0.6 is 7.26 Å². The third-order valence-corrected chi connectivity index (χ3v) is 8.78. The lowest BCUT2D eigenvalue weighted by molar-refractivity contribution is -0.00000362. The van der Waals surface area contributed by atoms with Gasteiger partial charge in [0.15, 0.2) is 0 Å². The van der Waals surface area contributed by atoms with Gasteiger partial charge < -0.3 is 12.4 Å². The lowest BCUT2D eigenvalue weighted by Gasteiger charge is -2.26. The summed E-state index contributed by atoms with van der Waals surface area (Å²) in [5.74, 6) is 0. The summed E-state index contributed by atoms with van der Waals surface area (Å²) in [4.78, 5) is 0. The molecule has 0 radical (unpaired) electrons. The molecule has 0 fully saturated rings. The Hall–Kier alpha value is 0.720. The summed E-state index contributed by atoms with van der Waals surface area (Å²) in [5, 5.41) is 0. The quantitative estimate of drug-likeness (QED) is 0.421. The van der Waals surface area contributed by atoms with Gasteiger partial charge in [0.25, 0.3) is 0 Å². The molecule has 0 bridgehead atoms. The van der Waals surface area contributed by atoms with Crippen molar-refractivity contribution in [3.05, 3.63) is 0 Å². The summed E-state index contributed by atoms with van der Waals surface area (Å²) in [7, 11) is -0.526. The second kappa shape index (κ2) is 12.2. The zero-order chi connectivity index (χ0) is 11.6. The fraction of sp³-hybridized carbons (Fsp3) is 1.00. The van der Waals surface area contributed by atoms with E-state index in [0.29, 0.717) is 0 Å². The summed E-state index contributed by atoms with van der Waals surface area (Å²) in [6.07, 6.45) is 14.9. The number of hydrogen-bond acceptors (Lipinski definition) is 0. The highest BCUT2D eigenvalue weighted by atomic mass is 35.5. The lowest BCUT2D eigenvalue weighted by atomic mass is 10.3. The van der Waals surface area contributed by atoms with Gasteiger partial charge in [-0.15, -0.1) is 0 Å². The molecule has 0 rings (SSSR count). The number of hydrogen-bond donors (Lipinski definition) is 0. The Morgan fingerprint density at radius 3 is 1.31 bits per heavy atom. The van der Waals surface area contributed by atoms with Crippen LogP contribution in [-0.4, -0.2) is 24.6 Å². The van der Waals surface area contributed by atoms with Crippen molar-refractivity contribution in [3.63, 3.8) is 0 Å². The number of rotatable bonds is 10. The maximum absolute atomic E-state index is 2.37. The van der Waals surface area contributed by atoms with Crippen molar-refractivity contribution >= 4 is 7.26 Å². The zero-order valence-corrected chi connectivity index (χ0v) is 13.5. The van der Waals surface area contributed by atoms with E-state index in [1.165, 1.54) is 38.5 Å². The summed E-state index contributed by atoms with van der Waals surface area (Å²) >= 11 is 0. The molecule has 0 aliphatic heterocycles. The van der Waals surface area contributed by atoms with Crippen molar-refractivity contribution in [2.45, 2.75) is 66.2 Å². The Balaban J connectivity index is 0. The molecule has 0 nitrogen and oxygen atoms in total. The van der Waals surface area contributed by atoms with Crippen molar-refractivity contribution in [2.75, 3.05) is 24.6 Å². The SMILES string of the molecule is CCCCC[P+](CCC)(CCC)CCC.[Cl-]. The Labute approximate surface area is 111 Å². The van der Waals surface area contributed by atoms with Gasteiger partial charge in [0.1, 0.15) is 0 Å². The van der Waals surface area contributed by atoms with Crippen LogP contribution in [0.3, 0.4) is 0 Å². The predicted octanol–water partition coefficient (Wildman–Crippen LogP) is 2.43. The first-order chi connectivity index (χ1) is 7.24. The second-order valence-electron chi connectivity index (χ2n) is 4.94. The molecule has 0 atom stereocenters. The first-order valence-electron chi connectivity index (χ1n) is 7.09. The standard InChI is InChI=1S/C14H32P.ClH/c1-5-9-10-14-15(11-6-2,12-7-3)13-8-4;/h5-14H2,1-4H3;1H/q+1;/p-1. The average Bonchev–Trinajstić information content (AvgIpc) is 2.19. The highest BCUT2D eigenvalue weighted by Crippen LogP contribution is 2.60. The van der Waals surface area contributed by atoms with Crippen molar-refractivity contribution < 1.29 is 12.4 Å². The van der Waals surface area contributed by atoms with Crippen LogP contribution in [0.4, 0.5) is 0 Å². The van der Waals surface area contributed by atoms with Gasteiger partial charge in [0.05, 0.1) is 24.6 Å². The maximum atomic E-state index is 2.37. The molecule has 0 saturated heterocycles. The van der Waals surface area contributed by atoms with E-state index in [2.05, 4.69) is 27.7 Å². The van der Waals surface area contributed by atoms with E-state index in [9.17, 15) is 0 Å². The summed E-state index contributed by atoms with van der Waals surface area (Å²) < 4.78 is 0. The molecule has 16 heavy (non-hydrogen) atoms. The fourth-order valence-electron chi connectivity index (χ4n) is 2.79. The van der Waals surface area contributed by atoms with Gasteiger partial charge in [-0.2, -0.15) is 0 Å². The normalized spacial score (nSPS) is 11.2. The van der Waals surface area contributed by atoms with E-state index in [-0.39, 0.29) is 12.4 Å². The van der Waals surface area contributed by atoms with Gasteiger partial charge in [-0.1, -0.05) is 40.5 Å².